The van der Waals surface area contributed by atoms with Gasteiger partial charge in [0.05, 0.1) is 5.54 Å². The molecule has 0 bridgehead atoms. The number of rotatable bonds is 0. The maximum Gasteiger partial charge on any atom is 0.415 e. The van der Waals surface area contributed by atoms with E-state index in [-0.39, 0.29) is 11.6 Å². The predicted octanol–water partition coefficient (Wildman–Crippen LogP) is 1.36. The summed E-state index contributed by atoms with van der Waals surface area (Å²) in [5, 5.41) is 0. The van der Waals surface area contributed by atoms with E-state index in [2.05, 4.69) is 6.58 Å². The van der Waals surface area contributed by atoms with Gasteiger partial charge in [-0.3, -0.25) is 4.90 Å². The van der Waals surface area contributed by atoms with Crippen molar-refractivity contribution in [3.63, 3.8) is 0 Å². The summed E-state index contributed by atoms with van der Waals surface area (Å²) in [6.45, 7) is 7.40. The van der Waals surface area contributed by atoms with Gasteiger partial charge in [-0.1, -0.05) is 6.58 Å². The fourth-order valence-corrected chi connectivity index (χ4v) is 0.714. The number of nitrogens with zero attached hydrogens (tertiary/aromatic N) is 1. The van der Waals surface area contributed by atoms with Crippen LogP contribution in [0.3, 0.4) is 0 Å². The zero-order chi connectivity index (χ0) is 7.94. The van der Waals surface area contributed by atoms with Gasteiger partial charge in [0.2, 0.25) is 0 Å². The molecule has 0 saturated carbocycles. The smallest absolute Gasteiger partial charge is 0.413 e. The fourth-order valence-electron chi connectivity index (χ4n) is 0.714. The third-order valence-electron chi connectivity index (χ3n) is 2.01. The Kier molecular flexibility index (Phi) is 1.24. The van der Waals surface area contributed by atoms with Crippen molar-refractivity contribution < 1.29 is 9.53 Å². The molecule has 1 fully saturated rings. The van der Waals surface area contributed by atoms with Gasteiger partial charge in [0.25, 0.3) is 0 Å². The molecular formula is C7H11NO2. The molecule has 1 aliphatic rings. The number of likely N-dealkylation sites (N-methyl/N-ethyl adjacent to an activating group) is 1. The van der Waals surface area contributed by atoms with Crippen LogP contribution in [0.25, 0.3) is 0 Å². The topological polar surface area (TPSA) is 29.5 Å². The standard InChI is InChI=1S/C7H11NO2/c1-5-7(2,3)8(4)6(9)10-5/h1H2,2-4H3. The number of ether oxygens (including phenoxy) is 1. The molecule has 0 unspecified atom stereocenters. The predicted molar refractivity (Wildman–Crippen MR) is 37.5 cm³/mol. The Morgan fingerprint density at radius 3 is 2.20 bits per heavy atom. The minimum Gasteiger partial charge on any atom is -0.413 e. The van der Waals surface area contributed by atoms with E-state index in [1.54, 1.807) is 7.05 Å². The summed E-state index contributed by atoms with van der Waals surface area (Å²) in [7, 11) is 1.69. The lowest BCUT2D eigenvalue weighted by Gasteiger charge is -2.23. The van der Waals surface area contributed by atoms with Gasteiger partial charge >= 0.3 is 6.09 Å². The first-order valence-corrected chi connectivity index (χ1v) is 3.11. The first kappa shape index (κ1) is 7.12. The van der Waals surface area contributed by atoms with E-state index in [0.29, 0.717) is 5.76 Å². The normalized spacial score (nSPS) is 23.3. The maximum atomic E-state index is 10.8. The lowest BCUT2D eigenvalue weighted by atomic mass is 10.0. The van der Waals surface area contributed by atoms with Gasteiger partial charge in [-0.2, -0.15) is 0 Å². The van der Waals surface area contributed by atoms with Crippen LogP contribution in [0.2, 0.25) is 0 Å². The molecule has 0 aromatic rings. The van der Waals surface area contributed by atoms with Crippen LogP contribution in [0, 0.1) is 0 Å². The minimum absolute atomic E-state index is 0.324. The summed E-state index contributed by atoms with van der Waals surface area (Å²) in [6, 6.07) is 0. The Labute approximate surface area is 60.3 Å². The third kappa shape index (κ3) is 0.701. The quantitative estimate of drug-likeness (QED) is 0.509. The van der Waals surface area contributed by atoms with Crippen molar-refractivity contribution in [1.29, 1.82) is 0 Å². The molecule has 1 amide bonds. The van der Waals surface area contributed by atoms with E-state index < -0.39 is 0 Å². The Hall–Kier alpha value is -0.990. The van der Waals surface area contributed by atoms with Crippen molar-refractivity contribution in [1.82, 2.24) is 4.90 Å². The lowest BCUT2D eigenvalue weighted by molar-refractivity contribution is 0.169. The van der Waals surface area contributed by atoms with Crippen LogP contribution in [-0.4, -0.2) is 23.6 Å². The molecule has 3 nitrogen and oxygen atoms in total. The molecule has 1 aliphatic heterocycles. The van der Waals surface area contributed by atoms with Crippen molar-refractivity contribution in [3.8, 4) is 0 Å². The molecule has 0 aliphatic carbocycles. The monoisotopic (exact) mass is 141 g/mol. The number of carbonyl (C=O) groups is 1. The van der Waals surface area contributed by atoms with Gasteiger partial charge in [0.15, 0.2) is 0 Å². The molecule has 3 heteroatoms. The molecule has 0 N–H and O–H groups in total. The maximum absolute atomic E-state index is 10.8. The highest BCUT2D eigenvalue weighted by molar-refractivity contribution is 5.73. The third-order valence-corrected chi connectivity index (χ3v) is 2.01. The molecule has 0 spiro atoms. The van der Waals surface area contributed by atoms with Crippen molar-refractivity contribution in [3.05, 3.63) is 12.3 Å². The number of amides is 1. The van der Waals surface area contributed by atoms with E-state index >= 15 is 0 Å². The van der Waals surface area contributed by atoms with Crippen LogP contribution in [0.4, 0.5) is 4.79 Å². The molecular weight excluding hydrogens is 130 g/mol. The average molecular weight is 141 g/mol. The summed E-state index contributed by atoms with van der Waals surface area (Å²) in [5.74, 6) is 0.514. The van der Waals surface area contributed by atoms with Crippen molar-refractivity contribution in [2.75, 3.05) is 7.05 Å². The lowest BCUT2D eigenvalue weighted by Crippen LogP contribution is -2.37. The van der Waals surface area contributed by atoms with E-state index in [1.807, 2.05) is 13.8 Å². The summed E-state index contributed by atoms with van der Waals surface area (Å²) < 4.78 is 4.78. The van der Waals surface area contributed by atoms with Gasteiger partial charge in [0, 0.05) is 7.05 Å². The molecule has 1 heterocycles. The number of hydrogen-bond donors (Lipinski definition) is 0. The Morgan fingerprint density at radius 2 is 2.10 bits per heavy atom. The van der Waals surface area contributed by atoms with Crippen LogP contribution < -0.4 is 0 Å². The highest BCUT2D eigenvalue weighted by atomic mass is 16.6. The van der Waals surface area contributed by atoms with Gasteiger partial charge in [0.1, 0.15) is 5.76 Å². The summed E-state index contributed by atoms with van der Waals surface area (Å²) in [4.78, 5) is 12.4. The average Bonchev–Trinajstić information content (AvgIpc) is 1.97. The number of carbonyl (C=O) groups excluding carboxylic acids is 1. The number of cyclic esters (lactones) is 1. The molecule has 0 aromatic carbocycles. The fraction of sp³-hybridized carbons (Fsp3) is 0.571. The first-order valence-electron chi connectivity index (χ1n) is 3.11. The molecule has 56 valence electrons. The van der Waals surface area contributed by atoms with Crippen LogP contribution in [0.5, 0.6) is 0 Å². The zero-order valence-electron chi connectivity index (χ0n) is 6.47. The molecule has 0 aromatic heterocycles. The Bertz CT molecular complexity index is 196. The van der Waals surface area contributed by atoms with E-state index in [9.17, 15) is 4.79 Å². The Morgan fingerprint density at radius 1 is 1.60 bits per heavy atom. The van der Waals surface area contributed by atoms with Gasteiger partial charge in [-0.15, -0.1) is 0 Å². The highest BCUT2D eigenvalue weighted by Crippen LogP contribution is 2.29. The van der Waals surface area contributed by atoms with Crippen molar-refractivity contribution >= 4 is 6.09 Å². The second-order valence-electron chi connectivity index (χ2n) is 2.91. The van der Waals surface area contributed by atoms with Gasteiger partial charge in [-0.05, 0) is 13.8 Å². The summed E-state index contributed by atoms with van der Waals surface area (Å²) in [5.41, 5.74) is -0.350. The molecule has 10 heavy (non-hydrogen) atoms. The zero-order valence-corrected chi connectivity index (χ0v) is 6.47. The Balaban J connectivity index is 2.96. The van der Waals surface area contributed by atoms with Crippen LogP contribution in [-0.2, 0) is 4.74 Å². The summed E-state index contributed by atoms with van der Waals surface area (Å²) in [6.07, 6.45) is -0.324. The molecule has 0 radical (unpaired) electrons. The summed E-state index contributed by atoms with van der Waals surface area (Å²) >= 11 is 0. The second-order valence-corrected chi connectivity index (χ2v) is 2.91. The molecule has 0 atom stereocenters. The minimum atomic E-state index is -0.350. The van der Waals surface area contributed by atoms with Crippen LogP contribution >= 0.6 is 0 Å². The SMILES string of the molecule is C=C1OC(=O)N(C)C1(C)C. The number of hydrogen-bond acceptors (Lipinski definition) is 2. The van der Waals surface area contributed by atoms with Gasteiger partial charge < -0.3 is 4.74 Å². The first-order chi connectivity index (χ1) is 4.46. The van der Waals surface area contributed by atoms with Crippen LogP contribution in [0.1, 0.15) is 13.8 Å². The largest absolute Gasteiger partial charge is 0.415 e. The van der Waals surface area contributed by atoms with E-state index in [0.717, 1.165) is 0 Å². The van der Waals surface area contributed by atoms with Crippen molar-refractivity contribution in [2.24, 2.45) is 0 Å². The van der Waals surface area contributed by atoms with Gasteiger partial charge in [-0.25, -0.2) is 4.79 Å². The van der Waals surface area contributed by atoms with Crippen LogP contribution in [0.15, 0.2) is 12.3 Å². The molecule has 1 saturated heterocycles. The van der Waals surface area contributed by atoms with E-state index in [1.165, 1.54) is 4.90 Å². The second kappa shape index (κ2) is 1.75. The van der Waals surface area contributed by atoms with E-state index in [4.69, 9.17) is 4.74 Å². The molecule has 1 rings (SSSR count). The van der Waals surface area contributed by atoms with Crippen molar-refractivity contribution in [2.45, 2.75) is 19.4 Å². The highest BCUT2D eigenvalue weighted by Gasteiger charge is 2.40.